The summed E-state index contributed by atoms with van der Waals surface area (Å²) in [6.07, 6.45) is 6.08. The Balaban J connectivity index is 2.41. The van der Waals surface area contributed by atoms with Gasteiger partial charge >= 0.3 is 0 Å². The summed E-state index contributed by atoms with van der Waals surface area (Å²) < 4.78 is 0. The van der Waals surface area contributed by atoms with Crippen LogP contribution in [0.1, 0.15) is 37.8 Å². The molecule has 0 saturated carbocycles. The van der Waals surface area contributed by atoms with Crippen LogP contribution in [0.25, 0.3) is 0 Å². The molecule has 0 heterocycles. The molecule has 2 heteroatoms. The molecular formula is C14H23NS. The van der Waals surface area contributed by atoms with Crippen LogP contribution in [0.2, 0.25) is 0 Å². The third-order valence-electron chi connectivity index (χ3n) is 2.71. The van der Waals surface area contributed by atoms with Gasteiger partial charge in [0.15, 0.2) is 0 Å². The van der Waals surface area contributed by atoms with Crippen LogP contribution in [0.5, 0.6) is 0 Å². The summed E-state index contributed by atoms with van der Waals surface area (Å²) in [5, 5.41) is 3.65. The summed E-state index contributed by atoms with van der Waals surface area (Å²) >= 11 is 1.91. The number of thioether (sulfide) groups is 1. The molecule has 0 saturated heterocycles. The quantitative estimate of drug-likeness (QED) is 0.689. The average molecular weight is 237 g/mol. The minimum absolute atomic E-state index is 0.507. The van der Waals surface area contributed by atoms with Crippen LogP contribution in [0, 0.1) is 0 Å². The van der Waals surface area contributed by atoms with Crippen LogP contribution in [0.15, 0.2) is 30.3 Å². The Morgan fingerprint density at radius 2 is 1.94 bits per heavy atom. The minimum Gasteiger partial charge on any atom is -0.309 e. The van der Waals surface area contributed by atoms with Gasteiger partial charge in [0.2, 0.25) is 0 Å². The number of benzene rings is 1. The lowest BCUT2D eigenvalue weighted by molar-refractivity contribution is 0.549. The van der Waals surface area contributed by atoms with Gasteiger partial charge < -0.3 is 5.32 Å². The Hall–Kier alpha value is -0.470. The highest BCUT2D eigenvalue weighted by atomic mass is 32.2. The molecule has 16 heavy (non-hydrogen) atoms. The molecule has 0 aromatic heterocycles. The van der Waals surface area contributed by atoms with E-state index in [0.29, 0.717) is 6.04 Å². The second kappa shape index (κ2) is 8.66. The van der Waals surface area contributed by atoms with E-state index < -0.39 is 0 Å². The summed E-state index contributed by atoms with van der Waals surface area (Å²) in [6, 6.07) is 11.3. The molecule has 1 nitrogen and oxygen atoms in total. The molecule has 0 bridgehead atoms. The van der Waals surface area contributed by atoms with Crippen LogP contribution in [0.3, 0.4) is 0 Å². The summed E-state index contributed by atoms with van der Waals surface area (Å²) in [7, 11) is 0. The lowest BCUT2D eigenvalue weighted by Crippen LogP contribution is -2.24. The zero-order chi connectivity index (χ0) is 11.6. The van der Waals surface area contributed by atoms with E-state index in [1.54, 1.807) is 0 Å². The average Bonchev–Trinajstić information content (AvgIpc) is 2.34. The first-order valence-electron chi connectivity index (χ1n) is 6.15. The summed E-state index contributed by atoms with van der Waals surface area (Å²) in [4.78, 5) is 0. The van der Waals surface area contributed by atoms with Gasteiger partial charge in [-0.2, -0.15) is 11.8 Å². The van der Waals surface area contributed by atoms with Crippen LogP contribution < -0.4 is 5.32 Å². The van der Waals surface area contributed by atoms with Gasteiger partial charge in [-0.25, -0.2) is 0 Å². The normalized spacial score (nSPS) is 12.6. The lowest BCUT2D eigenvalue weighted by Gasteiger charge is -2.18. The molecule has 0 radical (unpaired) electrons. The molecule has 0 spiro atoms. The summed E-state index contributed by atoms with van der Waals surface area (Å²) in [5.41, 5.74) is 1.41. The van der Waals surface area contributed by atoms with Crippen molar-refractivity contribution >= 4 is 11.8 Å². The molecule has 0 amide bonds. The van der Waals surface area contributed by atoms with E-state index in [1.807, 2.05) is 11.8 Å². The van der Waals surface area contributed by atoms with Gasteiger partial charge in [-0.3, -0.25) is 0 Å². The number of hydrogen-bond donors (Lipinski definition) is 1. The van der Waals surface area contributed by atoms with E-state index in [4.69, 9.17) is 0 Å². The van der Waals surface area contributed by atoms with Gasteiger partial charge in [0.25, 0.3) is 0 Å². The SMILES string of the molecule is CCCCCNC(CSC)c1ccccc1. The summed E-state index contributed by atoms with van der Waals surface area (Å²) in [5.74, 6) is 1.15. The fraction of sp³-hybridized carbons (Fsp3) is 0.571. The molecule has 0 aliphatic heterocycles. The van der Waals surface area contributed by atoms with E-state index >= 15 is 0 Å². The lowest BCUT2D eigenvalue weighted by atomic mass is 10.1. The molecule has 0 fully saturated rings. The van der Waals surface area contributed by atoms with Gasteiger partial charge in [-0.05, 0) is 24.8 Å². The van der Waals surface area contributed by atoms with Crippen LogP contribution in [-0.2, 0) is 0 Å². The zero-order valence-electron chi connectivity index (χ0n) is 10.4. The maximum atomic E-state index is 3.65. The van der Waals surface area contributed by atoms with E-state index in [0.717, 1.165) is 12.3 Å². The molecule has 1 N–H and O–H groups in total. The third-order valence-corrected chi connectivity index (χ3v) is 3.37. The predicted octanol–water partition coefficient (Wildman–Crippen LogP) is 3.87. The van der Waals surface area contributed by atoms with Gasteiger partial charge in [-0.1, -0.05) is 50.1 Å². The Morgan fingerprint density at radius 3 is 2.56 bits per heavy atom. The predicted molar refractivity (Wildman–Crippen MR) is 75.1 cm³/mol. The number of hydrogen-bond acceptors (Lipinski definition) is 2. The van der Waals surface area contributed by atoms with Crippen LogP contribution >= 0.6 is 11.8 Å². The minimum atomic E-state index is 0.507. The smallest absolute Gasteiger partial charge is 0.0411 e. The zero-order valence-corrected chi connectivity index (χ0v) is 11.2. The molecular weight excluding hydrogens is 214 g/mol. The number of nitrogens with one attached hydrogen (secondary N) is 1. The van der Waals surface area contributed by atoms with E-state index in [9.17, 15) is 0 Å². The number of rotatable bonds is 8. The van der Waals surface area contributed by atoms with Crippen molar-refractivity contribution in [2.75, 3.05) is 18.6 Å². The van der Waals surface area contributed by atoms with Crippen molar-refractivity contribution in [2.45, 2.75) is 32.2 Å². The number of unbranched alkanes of at least 4 members (excludes halogenated alkanes) is 2. The topological polar surface area (TPSA) is 12.0 Å². The van der Waals surface area contributed by atoms with Crippen molar-refractivity contribution < 1.29 is 0 Å². The maximum Gasteiger partial charge on any atom is 0.0411 e. The van der Waals surface area contributed by atoms with E-state index in [1.165, 1.54) is 24.8 Å². The van der Waals surface area contributed by atoms with Gasteiger partial charge in [0.1, 0.15) is 0 Å². The maximum absolute atomic E-state index is 3.65. The molecule has 0 aliphatic carbocycles. The molecule has 90 valence electrons. The summed E-state index contributed by atoms with van der Waals surface area (Å²) in [6.45, 7) is 3.38. The Labute approximate surface area is 104 Å². The van der Waals surface area contributed by atoms with Crippen molar-refractivity contribution in [2.24, 2.45) is 0 Å². The first kappa shape index (κ1) is 13.6. The molecule has 1 rings (SSSR count). The highest BCUT2D eigenvalue weighted by Crippen LogP contribution is 2.16. The molecule has 1 aromatic carbocycles. The Bertz CT molecular complexity index is 261. The molecule has 1 atom stereocenters. The van der Waals surface area contributed by atoms with Gasteiger partial charge in [0, 0.05) is 11.8 Å². The van der Waals surface area contributed by atoms with Crippen molar-refractivity contribution in [3.05, 3.63) is 35.9 Å². The van der Waals surface area contributed by atoms with Crippen molar-refractivity contribution in [1.82, 2.24) is 5.32 Å². The van der Waals surface area contributed by atoms with Crippen LogP contribution in [0.4, 0.5) is 0 Å². The van der Waals surface area contributed by atoms with E-state index in [2.05, 4.69) is 48.8 Å². The Kier molecular flexibility index (Phi) is 7.35. The van der Waals surface area contributed by atoms with Crippen LogP contribution in [-0.4, -0.2) is 18.6 Å². The molecule has 1 aromatic rings. The van der Waals surface area contributed by atoms with Crippen molar-refractivity contribution in [3.8, 4) is 0 Å². The first-order chi connectivity index (χ1) is 7.88. The van der Waals surface area contributed by atoms with E-state index in [-0.39, 0.29) is 0 Å². The van der Waals surface area contributed by atoms with Crippen molar-refractivity contribution in [1.29, 1.82) is 0 Å². The highest BCUT2D eigenvalue weighted by molar-refractivity contribution is 7.98. The van der Waals surface area contributed by atoms with Gasteiger partial charge in [-0.15, -0.1) is 0 Å². The van der Waals surface area contributed by atoms with Crippen molar-refractivity contribution in [3.63, 3.8) is 0 Å². The fourth-order valence-electron chi connectivity index (χ4n) is 1.78. The third kappa shape index (κ3) is 5.04. The molecule has 1 unspecified atom stereocenters. The largest absolute Gasteiger partial charge is 0.309 e. The fourth-order valence-corrected chi connectivity index (χ4v) is 2.42. The first-order valence-corrected chi connectivity index (χ1v) is 7.55. The second-order valence-corrected chi connectivity index (χ2v) is 4.99. The second-order valence-electron chi connectivity index (χ2n) is 4.08. The van der Waals surface area contributed by atoms with Gasteiger partial charge in [0.05, 0.1) is 0 Å². The highest BCUT2D eigenvalue weighted by Gasteiger charge is 2.08. The molecule has 0 aliphatic rings. The Morgan fingerprint density at radius 1 is 1.19 bits per heavy atom. The standard InChI is InChI=1S/C14H23NS/c1-3-4-8-11-15-14(12-16-2)13-9-6-5-7-10-13/h5-7,9-10,14-15H,3-4,8,11-12H2,1-2H3. The monoisotopic (exact) mass is 237 g/mol.